The molecule has 0 bridgehead atoms. The molecule has 0 radical (unpaired) electrons. The Hall–Kier alpha value is -1.06. The number of nitrogens with one attached hydrogen (secondary N) is 1. The van der Waals surface area contributed by atoms with Crippen LogP contribution in [0.25, 0.3) is 11.0 Å². The molecule has 1 aromatic heterocycles. The van der Waals surface area contributed by atoms with Crippen LogP contribution in [0, 0.1) is 0 Å². The number of fused-ring (bicyclic) bond motifs is 1. The van der Waals surface area contributed by atoms with Crippen LogP contribution in [0.4, 0.5) is 0 Å². The standard InChI is InChI=1S/C12H16ClN3/c1-4-16-11-7-9(13)5-6-10(11)15-12(16)8(2)14-3/h5-8,14H,4H2,1-3H3. The zero-order chi connectivity index (χ0) is 11.7. The van der Waals surface area contributed by atoms with Crippen LogP contribution in [0.3, 0.4) is 0 Å². The minimum absolute atomic E-state index is 0.242. The Morgan fingerprint density at radius 3 is 2.88 bits per heavy atom. The number of hydrogen-bond donors (Lipinski definition) is 1. The Kier molecular flexibility index (Phi) is 3.17. The molecule has 1 heterocycles. The van der Waals surface area contributed by atoms with Crippen molar-refractivity contribution in [2.45, 2.75) is 26.4 Å². The van der Waals surface area contributed by atoms with Gasteiger partial charge in [-0.1, -0.05) is 11.6 Å². The maximum absolute atomic E-state index is 6.01. The van der Waals surface area contributed by atoms with E-state index >= 15 is 0 Å². The number of imidazole rings is 1. The average molecular weight is 238 g/mol. The number of aryl methyl sites for hydroxylation is 1. The topological polar surface area (TPSA) is 29.9 Å². The summed E-state index contributed by atoms with van der Waals surface area (Å²) in [5.74, 6) is 1.06. The maximum Gasteiger partial charge on any atom is 0.126 e. The molecule has 16 heavy (non-hydrogen) atoms. The summed E-state index contributed by atoms with van der Waals surface area (Å²) in [6, 6.07) is 6.06. The Morgan fingerprint density at radius 2 is 2.25 bits per heavy atom. The van der Waals surface area contributed by atoms with Crippen molar-refractivity contribution in [2.24, 2.45) is 0 Å². The van der Waals surface area contributed by atoms with E-state index < -0.39 is 0 Å². The molecule has 86 valence electrons. The third-order valence-electron chi connectivity index (χ3n) is 2.88. The summed E-state index contributed by atoms with van der Waals surface area (Å²) in [5, 5.41) is 3.97. The SMILES string of the molecule is CCn1c(C(C)NC)nc2ccc(Cl)cc21. The number of rotatable bonds is 3. The lowest BCUT2D eigenvalue weighted by atomic mass is 10.3. The van der Waals surface area contributed by atoms with Gasteiger partial charge in [0.25, 0.3) is 0 Å². The molecule has 0 aliphatic rings. The van der Waals surface area contributed by atoms with Gasteiger partial charge >= 0.3 is 0 Å². The molecule has 0 amide bonds. The van der Waals surface area contributed by atoms with Gasteiger partial charge in [0.1, 0.15) is 5.82 Å². The van der Waals surface area contributed by atoms with Crippen LogP contribution in [0.5, 0.6) is 0 Å². The van der Waals surface area contributed by atoms with E-state index in [1.165, 1.54) is 0 Å². The van der Waals surface area contributed by atoms with E-state index in [1.54, 1.807) is 0 Å². The molecule has 0 spiro atoms. The predicted octanol–water partition coefficient (Wildman–Crippen LogP) is 2.99. The number of halogens is 1. The minimum Gasteiger partial charge on any atom is -0.327 e. The summed E-state index contributed by atoms with van der Waals surface area (Å²) in [6.45, 7) is 5.13. The number of aromatic nitrogens is 2. The smallest absolute Gasteiger partial charge is 0.126 e. The van der Waals surface area contributed by atoms with Crippen molar-refractivity contribution in [3.05, 3.63) is 29.0 Å². The molecule has 0 saturated carbocycles. The third-order valence-corrected chi connectivity index (χ3v) is 3.11. The first kappa shape index (κ1) is 11.4. The molecule has 1 atom stereocenters. The lowest BCUT2D eigenvalue weighted by Gasteiger charge is -2.11. The predicted molar refractivity (Wildman–Crippen MR) is 67.9 cm³/mol. The molecule has 2 aromatic rings. The van der Waals surface area contributed by atoms with Crippen LogP contribution in [0.2, 0.25) is 5.02 Å². The highest BCUT2D eigenvalue weighted by atomic mass is 35.5. The van der Waals surface area contributed by atoms with E-state index in [2.05, 4.69) is 28.7 Å². The Morgan fingerprint density at radius 1 is 1.50 bits per heavy atom. The summed E-state index contributed by atoms with van der Waals surface area (Å²) in [4.78, 5) is 4.64. The van der Waals surface area contributed by atoms with Crippen LogP contribution >= 0.6 is 11.6 Å². The van der Waals surface area contributed by atoms with Crippen molar-refractivity contribution in [1.82, 2.24) is 14.9 Å². The molecule has 4 heteroatoms. The molecule has 1 N–H and O–H groups in total. The molecule has 0 saturated heterocycles. The van der Waals surface area contributed by atoms with Gasteiger partial charge in [0.15, 0.2) is 0 Å². The van der Waals surface area contributed by atoms with E-state index in [-0.39, 0.29) is 6.04 Å². The van der Waals surface area contributed by atoms with Gasteiger partial charge in [-0.05, 0) is 39.1 Å². The average Bonchev–Trinajstić information content (AvgIpc) is 2.65. The number of benzene rings is 1. The fourth-order valence-corrected chi connectivity index (χ4v) is 2.07. The van der Waals surface area contributed by atoms with Crippen LogP contribution in [-0.4, -0.2) is 16.6 Å². The van der Waals surface area contributed by atoms with Crippen molar-refractivity contribution < 1.29 is 0 Å². The van der Waals surface area contributed by atoms with Gasteiger partial charge in [0, 0.05) is 11.6 Å². The molecule has 2 rings (SSSR count). The van der Waals surface area contributed by atoms with Crippen molar-refractivity contribution in [2.75, 3.05) is 7.05 Å². The fourth-order valence-electron chi connectivity index (χ4n) is 1.91. The van der Waals surface area contributed by atoms with E-state index in [9.17, 15) is 0 Å². The van der Waals surface area contributed by atoms with Gasteiger partial charge in [-0.15, -0.1) is 0 Å². The molecule has 1 unspecified atom stereocenters. The van der Waals surface area contributed by atoms with Crippen LogP contribution in [-0.2, 0) is 6.54 Å². The second kappa shape index (κ2) is 4.44. The molecule has 0 aliphatic heterocycles. The Labute approximate surface area is 100 Å². The van der Waals surface area contributed by atoms with E-state index in [0.29, 0.717) is 0 Å². The highest BCUT2D eigenvalue weighted by molar-refractivity contribution is 6.31. The van der Waals surface area contributed by atoms with E-state index in [0.717, 1.165) is 28.4 Å². The monoisotopic (exact) mass is 237 g/mol. The van der Waals surface area contributed by atoms with Gasteiger partial charge in [-0.2, -0.15) is 0 Å². The second-order valence-corrected chi connectivity index (χ2v) is 4.29. The summed E-state index contributed by atoms with van der Waals surface area (Å²) in [5.41, 5.74) is 2.11. The summed E-state index contributed by atoms with van der Waals surface area (Å²) < 4.78 is 2.20. The quantitative estimate of drug-likeness (QED) is 0.890. The highest BCUT2D eigenvalue weighted by Crippen LogP contribution is 2.23. The van der Waals surface area contributed by atoms with Crippen LogP contribution < -0.4 is 5.32 Å². The molecular formula is C12H16ClN3. The first-order chi connectivity index (χ1) is 7.67. The lowest BCUT2D eigenvalue weighted by Crippen LogP contribution is -2.17. The van der Waals surface area contributed by atoms with Gasteiger partial charge < -0.3 is 9.88 Å². The number of nitrogens with zero attached hydrogens (tertiary/aromatic N) is 2. The molecule has 3 nitrogen and oxygen atoms in total. The molecule has 1 aromatic carbocycles. The summed E-state index contributed by atoms with van der Waals surface area (Å²) in [7, 11) is 1.94. The van der Waals surface area contributed by atoms with Gasteiger partial charge in [0.2, 0.25) is 0 Å². The second-order valence-electron chi connectivity index (χ2n) is 3.86. The zero-order valence-corrected chi connectivity index (χ0v) is 10.5. The van der Waals surface area contributed by atoms with Gasteiger partial charge in [-0.3, -0.25) is 0 Å². The Balaban J connectivity index is 2.66. The summed E-state index contributed by atoms with van der Waals surface area (Å²) >= 11 is 6.01. The molecular weight excluding hydrogens is 222 g/mol. The van der Waals surface area contributed by atoms with Gasteiger partial charge in [0.05, 0.1) is 17.1 Å². The number of hydrogen-bond acceptors (Lipinski definition) is 2. The summed E-state index contributed by atoms with van der Waals surface area (Å²) in [6.07, 6.45) is 0. The van der Waals surface area contributed by atoms with Crippen molar-refractivity contribution in [1.29, 1.82) is 0 Å². The minimum atomic E-state index is 0.242. The van der Waals surface area contributed by atoms with Gasteiger partial charge in [-0.25, -0.2) is 4.98 Å². The molecule has 0 fully saturated rings. The van der Waals surface area contributed by atoms with Crippen LogP contribution in [0.1, 0.15) is 25.7 Å². The maximum atomic E-state index is 6.01. The van der Waals surface area contributed by atoms with E-state index in [4.69, 9.17) is 11.6 Å². The first-order valence-electron chi connectivity index (χ1n) is 5.50. The zero-order valence-electron chi connectivity index (χ0n) is 9.79. The highest BCUT2D eigenvalue weighted by Gasteiger charge is 2.14. The van der Waals surface area contributed by atoms with E-state index in [1.807, 2.05) is 25.2 Å². The van der Waals surface area contributed by atoms with Crippen molar-refractivity contribution in [3.63, 3.8) is 0 Å². The first-order valence-corrected chi connectivity index (χ1v) is 5.88. The van der Waals surface area contributed by atoms with Crippen LogP contribution in [0.15, 0.2) is 18.2 Å². The largest absolute Gasteiger partial charge is 0.327 e. The third kappa shape index (κ3) is 1.81. The lowest BCUT2D eigenvalue weighted by molar-refractivity contribution is 0.570. The van der Waals surface area contributed by atoms with Crippen molar-refractivity contribution >= 4 is 22.6 Å². The van der Waals surface area contributed by atoms with Crippen molar-refractivity contribution in [3.8, 4) is 0 Å². The fraction of sp³-hybridized carbons (Fsp3) is 0.417. The normalized spacial score (nSPS) is 13.2. The molecule has 0 aliphatic carbocycles. The Bertz CT molecular complexity index is 504.